The fourth-order valence-electron chi connectivity index (χ4n) is 1.64. The van der Waals surface area contributed by atoms with E-state index in [1.54, 1.807) is 11.3 Å². The molecule has 2 rings (SSSR count). The first kappa shape index (κ1) is 12.3. The van der Waals surface area contributed by atoms with Gasteiger partial charge in [-0.25, -0.2) is 0 Å². The molecule has 2 aromatic rings. The second kappa shape index (κ2) is 5.00. The number of hydrogen-bond acceptors (Lipinski definition) is 3. The molecule has 3 nitrogen and oxygen atoms in total. The molecule has 0 fully saturated rings. The first-order valence-corrected chi connectivity index (χ1v) is 7.12. The van der Waals surface area contributed by atoms with Crippen molar-refractivity contribution in [2.75, 3.05) is 7.05 Å². The van der Waals surface area contributed by atoms with Gasteiger partial charge in [0.2, 0.25) is 0 Å². The zero-order valence-corrected chi connectivity index (χ0v) is 12.9. The van der Waals surface area contributed by atoms with Gasteiger partial charge in [0, 0.05) is 18.8 Å². The third-order valence-electron chi connectivity index (χ3n) is 2.34. The number of nitrogens with one attached hydrogen (secondary N) is 1. The van der Waals surface area contributed by atoms with Gasteiger partial charge in [0.05, 0.1) is 19.8 Å². The van der Waals surface area contributed by atoms with Crippen LogP contribution >= 0.6 is 43.2 Å². The largest absolute Gasteiger partial charge is 0.309 e. The molecule has 2 heterocycles. The lowest BCUT2D eigenvalue weighted by atomic mass is 10.1. The van der Waals surface area contributed by atoms with Crippen molar-refractivity contribution in [1.82, 2.24) is 15.1 Å². The van der Waals surface area contributed by atoms with Crippen LogP contribution in [-0.4, -0.2) is 16.8 Å². The first-order valence-electron chi connectivity index (χ1n) is 4.72. The molecule has 0 aromatic carbocycles. The molecule has 6 heteroatoms. The molecule has 0 saturated carbocycles. The molecule has 0 radical (unpaired) electrons. The van der Waals surface area contributed by atoms with Gasteiger partial charge in [0.15, 0.2) is 0 Å². The predicted molar refractivity (Wildman–Crippen MR) is 73.8 cm³/mol. The van der Waals surface area contributed by atoms with E-state index >= 15 is 0 Å². The molecule has 0 spiro atoms. The summed E-state index contributed by atoms with van der Waals surface area (Å²) in [6.45, 7) is 0. The van der Waals surface area contributed by atoms with Gasteiger partial charge in [0.25, 0.3) is 0 Å². The highest BCUT2D eigenvalue weighted by Crippen LogP contribution is 2.37. The molecule has 0 aliphatic carbocycles. The highest BCUT2D eigenvalue weighted by Gasteiger charge is 2.18. The average molecular weight is 365 g/mol. The SMILES string of the molecule is CNC(c1cnn(C)c1)c1cc(Br)sc1Br. The molecule has 86 valence electrons. The number of thiophene rings is 1. The quantitative estimate of drug-likeness (QED) is 0.905. The highest BCUT2D eigenvalue weighted by molar-refractivity contribution is 9.12. The lowest BCUT2D eigenvalue weighted by Gasteiger charge is -2.13. The van der Waals surface area contributed by atoms with Gasteiger partial charge in [0.1, 0.15) is 0 Å². The Bertz CT molecular complexity index is 492. The van der Waals surface area contributed by atoms with E-state index in [4.69, 9.17) is 0 Å². The zero-order chi connectivity index (χ0) is 11.7. The van der Waals surface area contributed by atoms with Gasteiger partial charge in [-0.2, -0.15) is 5.10 Å². The number of halogens is 2. The number of aromatic nitrogens is 2. The summed E-state index contributed by atoms with van der Waals surface area (Å²) in [5, 5.41) is 7.51. The van der Waals surface area contributed by atoms with Gasteiger partial charge in [-0.1, -0.05) is 0 Å². The topological polar surface area (TPSA) is 29.9 Å². The summed E-state index contributed by atoms with van der Waals surface area (Å²) in [6, 6.07) is 2.30. The van der Waals surface area contributed by atoms with Crippen LogP contribution in [0.15, 0.2) is 26.0 Å². The summed E-state index contributed by atoms with van der Waals surface area (Å²) < 4.78 is 4.08. The van der Waals surface area contributed by atoms with E-state index < -0.39 is 0 Å². The molecular weight excluding hydrogens is 354 g/mol. The van der Waals surface area contributed by atoms with Crippen molar-refractivity contribution in [3.05, 3.63) is 37.2 Å². The lowest BCUT2D eigenvalue weighted by molar-refractivity contribution is 0.689. The Morgan fingerprint density at radius 3 is 2.69 bits per heavy atom. The number of rotatable bonds is 3. The predicted octanol–water partition coefficient (Wildman–Crippen LogP) is 3.32. The van der Waals surface area contributed by atoms with Crippen molar-refractivity contribution in [1.29, 1.82) is 0 Å². The van der Waals surface area contributed by atoms with Gasteiger partial charge < -0.3 is 5.32 Å². The van der Waals surface area contributed by atoms with Crippen molar-refractivity contribution in [3.8, 4) is 0 Å². The maximum atomic E-state index is 4.20. The van der Waals surface area contributed by atoms with Gasteiger partial charge in [-0.15, -0.1) is 11.3 Å². The Balaban J connectivity index is 2.40. The Morgan fingerprint density at radius 1 is 1.50 bits per heavy atom. The Hall–Kier alpha value is -0.170. The van der Waals surface area contributed by atoms with Gasteiger partial charge >= 0.3 is 0 Å². The van der Waals surface area contributed by atoms with Gasteiger partial charge in [-0.05, 0) is 50.5 Å². The number of hydrogen-bond donors (Lipinski definition) is 1. The normalized spacial score (nSPS) is 13.0. The van der Waals surface area contributed by atoms with Crippen LogP contribution in [0.1, 0.15) is 17.2 Å². The second-order valence-corrected chi connectivity index (χ2v) is 7.20. The standard InChI is InChI=1S/C10H11Br2N3S/c1-13-9(6-4-14-15(2)5-6)7-3-8(11)16-10(7)12/h3-5,9,13H,1-2H3. The summed E-state index contributed by atoms with van der Waals surface area (Å²) >= 11 is 8.76. The Morgan fingerprint density at radius 2 is 2.25 bits per heavy atom. The zero-order valence-electron chi connectivity index (χ0n) is 8.87. The van der Waals surface area contributed by atoms with Crippen LogP contribution in [0.25, 0.3) is 0 Å². The second-order valence-electron chi connectivity index (χ2n) is 3.45. The van der Waals surface area contributed by atoms with Crippen molar-refractivity contribution in [2.45, 2.75) is 6.04 Å². The van der Waals surface area contributed by atoms with Crippen molar-refractivity contribution in [2.24, 2.45) is 7.05 Å². The summed E-state index contributed by atoms with van der Waals surface area (Å²) in [4.78, 5) is 0. The lowest BCUT2D eigenvalue weighted by Crippen LogP contribution is -2.16. The third kappa shape index (κ3) is 2.40. The van der Waals surface area contributed by atoms with E-state index in [9.17, 15) is 0 Å². The van der Waals surface area contributed by atoms with Crippen LogP contribution in [0.4, 0.5) is 0 Å². The molecule has 0 aliphatic heterocycles. The number of nitrogens with zero attached hydrogens (tertiary/aromatic N) is 2. The van der Waals surface area contributed by atoms with Crippen molar-refractivity contribution >= 4 is 43.2 Å². The van der Waals surface area contributed by atoms with E-state index in [-0.39, 0.29) is 6.04 Å². The molecule has 0 amide bonds. The third-order valence-corrected chi connectivity index (χ3v) is 4.73. The average Bonchev–Trinajstić information content (AvgIpc) is 2.76. The van der Waals surface area contributed by atoms with Crippen LogP contribution in [-0.2, 0) is 7.05 Å². The van der Waals surface area contributed by atoms with Gasteiger partial charge in [-0.3, -0.25) is 4.68 Å². The van der Waals surface area contributed by atoms with Crippen LogP contribution in [0.3, 0.4) is 0 Å². The van der Waals surface area contributed by atoms with E-state index in [0.717, 1.165) is 13.1 Å². The minimum absolute atomic E-state index is 0.172. The molecule has 1 N–H and O–H groups in total. The molecule has 1 atom stereocenters. The Kier molecular flexibility index (Phi) is 3.84. The van der Waals surface area contributed by atoms with Crippen LogP contribution in [0.2, 0.25) is 0 Å². The molecule has 0 aliphatic rings. The minimum Gasteiger partial charge on any atom is -0.309 e. The number of aryl methyl sites for hydroxylation is 1. The minimum atomic E-state index is 0.172. The molecule has 0 saturated heterocycles. The molecule has 16 heavy (non-hydrogen) atoms. The fourth-order valence-corrected chi connectivity index (χ4v) is 4.54. The van der Waals surface area contributed by atoms with E-state index in [1.165, 1.54) is 5.56 Å². The highest BCUT2D eigenvalue weighted by atomic mass is 79.9. The smallest absolute Gasteiger partial charge is 0.0761 e. The summed E-state index contributed by atoms with van der Waals surface area (Å²) in [7, 11) is 3.88. The monoisotopic (exact) mass is 363 g/mol. The van der Waals surface area contributed by atoms with E-state index in [2.05, 4.69) is 48.3 Å². The molecule has 0 bridgehead atoms. The molecule has 2 aromatic heterocycles. The maximum Gasteiger partial charge on any atom is 0.0761 e. The Labute approximate surface area is 115 Å². The first-order chi connectivity index (χ1) is 7.61. The van der Waals surface area contributed by atoms with Crippen molar-refractivity contribution in [3.63, 3.8) is 0 Å². The maximum absolute atomic E-state index is 4.20. The van der Waals surface area contributed by atoms with E-state index in [1.807, 2.05) is 31.2 Å². The summed E-state index contributed by atoms with van der Waals surface area (Å²) in [6.07, 6.45) is 3.92. The summed E-state index contributed by atoms with van der Waals surface area (Å²) in [5.41, 5.74) is 2.39. The molecular formula is C10H11Br2N3S. The molecule has 1 unspecified atom stereocenters. The fraction of sp³-hybridized carbons (Fsp3) is 0.300. The van der Waals surface area contributed by atoms with Crippen LogP contribution < -0.4 is 5.32 Å². The van der Waals surface area contributed by atoms with Crippen LogP contribution in [0, 0.1) is 0 Å². The summed E-state index contributed by atoms with van der Waals surface area (Å²) in [5.74, 6) is 0. The van der Waals surface area contributed by atoms with E-state index in [0.29, 0.717) is 0 Å². The van der Waals surface area contributed by atoms with Crippen LogP contribution in [0.5, 0.6) is 0 Å². The van der Waals surface area contributed by atoms with Crippen molar-refractivity contribution < 1.29 is 0 Å².